The summed E-state index contributed by atoms with van der Waals surface area (Å²) in [6.07, 6.45) is 2.16. The summed E-state index contributed by atoms with van der Waals surface area (Å²) in [5.74, 6) is 0.0728. The first-order chi connectivity index (χ1) is 9.20. The number of nitrogens with two attached hydrogens (primary N) is 1. The molecule has 5 N–H and O–H groups in total. The first kappa shape index (κ1) is 13.4. The standard InChI is InChI=1S/C13H18N4O2/c14-13(17-19)11-4-2-1-3-9(11)7-15-8-12(18)16-10-5-6-10/h1-4,10,15,19H,5-8H2,(H2,14,17)(H,16,18). The van der Waals surface area contributed by atoms with Crippen molar-refractivity contribution in [3.63, 3.8) is 0 Å². The van der Waals surface area contributed by atoms with Crippen LogP contribution >= 0.6 is 0 Å². The highest BCUT2D eigenvalue weighted by Crippen LogP contribution is 2.18. The minimum Gasteiger partial charge on any atom is -0.409 e. The molecule has 1 aromatic rings. The average Bonchev–Trinajstić information content (AvgIpc) is 3.22. The molecule has 0 spiro atoms. The first-order valence-electron chi connectivity index (χ1n) is 6.26. The molecule has 6 nitrogen and oxygen atoms in total. The molecule has 1 aliphatic carbocycles. The summed E-state index contributed by atoms with van der Waals surface area (Å²) in [4.78, 5) is 11.5. The summed E-state index contributed by atoms with van der Waals surface area (Å²) in [6, 6.07) is 7.71. The molecule has 102 valence electrons. The van der Waals surface area contributed by atoms with Crippen molar-refractivity contribution in [2.24, 2.45) is 10.9 Å². The van der Waals surface area contributed by atoms with E-state index in [-0.39, 0.29) is 18.3 Å². The van der Waals surface area contributed by atoms with Gasteiger partial charge in [-0.25, -0.2) is 0 Å². The van der Waals surface area contributed by atoms with Crippen LogP contribution in [0.25, 0.3) is 0 Å². The van der Waals surface area contributed by atoms with E-state index in [1.54, 1.807) is 6.07 Å². The van der Waals surface area contributed by atoms with E-state index in [1.165, 1.54) is 0 Å². The number of rotatable bonds is 6. The van der Waals surface area contributed by atoms with Crippen LogP contribution < -0.4 is 16.4 Å². The van der Waals surface area contributed by atoms with E-state index in [4.69, 9.17) is 10.9 Å². The maximum atomic E-state index is 11.5. The number of amidine groups is 1. The zero-order valence-electron chi connectivity index (χ0n) is 10.6. The summed E-state index contributed by atoms with van der Waals surface area (Å²) in [5, 5.41) is 17.7. The molecule has 1 aliphatic rings. The van der Waals surface area contributed by atoms with E-state index in [1.807, 2.05) is 18.2 Å². The predicted octanol–water partition coefficient (Wildman–Crippen LogP) is 0.149. The molecule has 19 heavy (non-hydrogen) atoms. The van der Waals surface area contributed by atoms with Crippen LogP contribution in [0, 0.1) is 0 Å². The quantitative estimate of drug-likeness (QED) is 0.254. The van der Waals surface area contributed by atoms with E-state index >= 15 is 0 Å². The van der Waals surface area contributed by atoms with Gasteiger partial charge in [0.05, 0.1) is 6.54 Å². The van der Waals surface area contributed by atoms with E-state index in [0.717, 1.165) is 18.4 Å². The molecule has 0 bridgehead atoms. The van der Waals surface area contributed by atoms with Gasteiger partial charge in [-0.2, -0.15) is 0 Å². The van der Waals surface area contributed by atoms with Crippen LogP contribution in [0.15, 0.2) is 29.4 Å². The topological polar surface area (TPSA) is 99.7 Å². The highest BCUT2D eigenvalue weighted by molar-refractivity contribution is 5.98. The molecule has 1 fully saturated rings. The van der Waals surface area contributed by atoms with Gasteiger partial charge in [0, 0.05) is 18.2 Å². The number of oxime groups is 1. The Labute approximate surface area is 111 Å². The van der Waals surface area contributed by atoms with E-state index in [2.05, 4.69) is 15.8 Å². The molecule has 0 radical (unpaired) electrons. The molecule has 6 heteroatoms. The van der Waals surface area contributed by atoms with Gasteiger partial charge in [-0.05, 0) is 18.4 Å². The number of nitrogens with zero attached hydrogens (tertiary/aromatic N) is 1. The maximum Gasteiger partial charge on any atom is 0.234 e. The fourth-order valence-electron chi connectivity index (χ4n) is 1.80. The van der Waals surface area contributed by atoms with Crippen molar-refractivity contribution in [3.05, 3.63) is 35.4 Å². The molecule has 0 aromatic heterocycles. The van der Waals surface area contributed by atoms with Gasteiger partial charge in [-0.1, -0.05) is 29.4 Å². The smallest absolute Gasteiger partial charge is 0.234 e. The van der Waals surface area contributed by atoms with Crippen molar-refractivity contribution in [1.29, 1.82) is 0 Å². The van der Waals surface area contributed by atoms with Crippen LogP contribution in [0.2, 0.25) is 0 Å². The second kappa shape index (κ2) is 6.19. The second-order valence-corrected chi connectivity index (χ2v) is 4.59. The molecule has 0 heterocycles. The molecule has 1 saturated carbocycles. The molecule has 1 amide bonds. The monoisotopic (exact) mass is 262 g/mol. The van der Waals surface area contributed by atoms with Gasteiger partial charge in [-0.15, -0.1) is 0 Å². The minimum atomic E-state index is 0.00350. The molecule has 0 aliphatic heterocycles. The molecular formula is C13H18N4O2. The SMILES string of the molecule is NC(=NO)c1ccccc1CNCC(=O)NC1CC1. The summed E-state index contributed by atoms with van der Waals surface area (Å²) in [7, 11) is 0. The van der Waals surface area contributed by atoms with Crippen molar-refractivity contribution in [3.8, 4) is 0 Å². The lowest BCUT2D eigenvalue weighted by Gasteiger charge is -2.09. The van der Waals surface area contributed by atoms with Crippen LogP contribution in [-0.2, 0) is 11.3 Å². The van der Waals surface area contributed by atoms with Gasteiger partial charge in [0.1, 0.15) is 0 Å². The van der Waals surface area contributed by atoms with Gasteiger partial charge in [0.25, 0.3) is 0 Å². The fourth-order valence-corrected chi connectivity index (χ4v) is 1.80. The van der Waals surface area contributed by atoms with Crippen molar-refractivity contribution in [2.45, 2.75) is 25.4 Å². The minimum absolute atomic E-state index is 0.00350. The molecule has 1 aromatic carbocycles. The third-order valence-corrected chi connectivity index (χ3v) is 2.94. The van der Waals surface area contributed by atoms with Gasteiger partial charge in [0.2, 0.25) is 5.91 Å². The second-order valence-electron chi connectivity index (χ2n) is 4.59. The van der Waals surface area contributed by atoms with Crippen LogP contribution in [-0.4, -0.2) is 29.5 Å². The Balaban J connectivity index is 1.86. The van der Waals surface area contributed by atoms with E-state index < -0.39 is 0 Å². The van der Waals surface area contributed by atoms with Crippen LogP contribution in [0.3, 0.4) is 0 Å². The highest BCUT2D eigenvalue weighted by Gasteiger charge is 2.22. The lowest BCUT2D eigenvalue weighted by atomic mass is 10.1. The summed E-state index contributed by atoms with van der Waals surface area (Å²) in [5.41, 5.74) is 7.15. The molecule has 0 unspecified atom stereocenters. The summed E-state index contributed by atoms with van der Waals surface area (Å²) >= 11 is 0. The Morgan fingerprint density at radius 3 is 2.84 bits per heavy atom. The van der Waals surface area contributed by atoms with Crippen LogP contribution in [0.4, 0.5) is 0 Å². The Morgan fingerprint density at radius 1 is 1.42 bits per heavy atom. The lowest BCUT2D eigenvalue weighted by Crippen LogP contribution is -2.35. The van der Waals surface area contributed by atoms with Crippen molar-refractivity contribution in [2.75, 3.05) is 6.54 Å². The number of hydrogen-bond donors (Lipinski definition) is 4. The number of nitrogens with one attached hydrogen (secondary N) is 2. The lowest BCUT2D eigenvalue weighted by molar-refractivity contribution is -0.120. The number of amides is 1. The first-order valence-corrected chi connectivity index (χ1v) is 6.26. The number of hydrogen-bond acceptors (Lipinski definition) is 4. The third-order valence-electron chi connectivity index (χ3n) is 2.94. The number of carbonyl (C=O) groups excluding carboxylic acids is 1. The van der Waals surface area contributed by atoms with Crippen molar-refractivity contribution >= 4 is 11.7 Å². The Bertz CT molecular complexity index is 483. The van der Waals surface area contributed by atoms with Gasteiger partial charge < -0.3 is 21.6 Å². The summed E-state index contributed by atoms with van der Waals surface area (Å²) in [6.45, 7) is 0.755. The normalized spacial score (nSPS) is 15.3. The Morgan fingerprint density at radius 2 is 2.16 bits per heavy atom. The number of carbonyl (C=O) groups is 1. The van der Waals surface area contributed by atoms with Crippen LogP contribution in [0.1, 0.15) is 24.0 Å². The van der Waals surface area contributed by atoms with Crippen LogP contribution in [0.5, 0.6) is 0 Å². The van der Waals surface area contributed by atoms with E-state index in [9.17, 15) is 4.79 Å². The van der Waals surface area contributed by atoms with Gasteiger partial charge >= 0.3 is 0 Å². The zero-order valence-corrected chi connectivity index (χ0v) is 10.6. The molecule has 0 atom stereocenters. The Hall–Kier alpha value is -2.08. The number of benzene rings is 1. The predicted molar refractivity (Wildman–Crippen MR) is 71.8 cm³/mol. The van der Waals surface area contributed by atoms with E-state index in [0.29, 0.717) is 18.2 Å². The average molecular weight is 262 g/mol. The zero-order chi connectivity index (χ0) is 13.7. The van der Waals surface area contributed by atoms with Gasteiger partial charge in [0.15, 0.2) is 5.84 Å². The van der Waals surface area contributed by atoms with Crippen molar-refractivity contribution < 1.29 is 10.0 Å². The highest BCUT2D eigenvalue weighted by atomic mass is 16.4. The molecular weight excluding hydrogens is 244 g/mol. The van der Waals surface area contributed by atoms with Crippen molar-refractivity contribution in [1.82, 2.24) is 10.6 Å². The summed E-state index contributed by atoms with van der Waals surface area (Å²) < 4.78 is 0. The maximum absolute atomic E-state index is 11.5. The molecule has 0 saturated heterocycles. The fraction of sp³-hybridized carbons (Fsp3) is 0.385. The Kier molecular flexibility index (Phi) is 4.35. The molecule has 2 rings (SSSR count). The third kappa shape index (κ3) is 3.96. The van der Waals surface area contributed by atoms with Gasteiger partial charge in [-0.3, -0.25) is 4.79 Å². The largest absolute Gasteiger partial charge is 0.409 e.